The Morgan fingerprint density at radius 1 is 1.33 bits per heavy atom. The first-order chi connectivity index (χ1) is 5.83. The summed E-state index contributed by atoms with van der Waals surface area (Å²) in [7, 11) is 0. The van der Waals surface area contributed by atoms with Crippen LogP contribution in [0.25, 0.3) is 0 Å². The summed E-state index contributed by atoms with van der Waals surface area (Å²) < 4.78 is 0. The molecular formula is C11H21N. The number of hydrogen-bond donors (Lipinski definition) is 1. The zero-order valence-corrected chi connectivity index (χ0v) is 8.34. The number of hydrogen-bond acceptors (Lipinski definition) is 1. The highest BCUT2D eigenvalue weighted by atomic mass is 14.9. The third-order valence-corrected chi connectivity index (χ3v) is 2.59. The van der Waals surface area contributed by atoms with Gasteiger partial charge in [-0.1, -0.05) is 26.0 Å². The second-order valence-electron chi connectivity index (χ2n) is 3.90. The molecule has 1 heterocycles. The van der Waals surface area contributed by atoms with Crippen molar-refractivity contribution in [2.45, 2.75) is 45.6 Å². The van der Waals surface area contributed by atoms with Crippen LogP contribution in [-0.2, 0) is 0 Å². The minimum absolute atomic E-state index is 0.754. The van der Waals surface area contributed by atoms with Crippen LogP contribution in [0.5, 0.6) is 0 Å². The number of rotatable bonds is 3. The molecule has 0 spiro atoms. The van der Waals surface area contributed by atoms with E-state index in [0.717, 1.165) is 12.0 Å². The van der Waals surface area contributed by atoms with Crippen LogP contribution in [-0.4, -0.2) is 12.6 Å². The average Bonchev–Trinajstić information content (AvgIpc) is 2.09. The quantitative estimate of drug-likeness (QED) is 0.637. The molecule has 0 amide bonds. The van der Waals surface area contributed by atoms with Crippen LogP contribution in [0, 0.1) is 5.92 Å². The molecule has 0 radical (unpaired) electrons. The molecule has 2 atom stereocenters. The first kappa shape index (κ1) is 9.79. The number of piperidine rings is 1. The average molecular weight is 167 g/mol. The fraction of sp³-hybridized carbons (Fsp3) is 0.818. The van der Waals surface area contributed by atoms with Crippen molar-refractivity contribution in [1.82, 2.24) is 5.32 Å². The van der Waals surface area contributed by atoms with Gasteiger partial charge in [0.2, 0.25) is 0 Å². The lowest BCUT2D eigenvalue weighted by Crippen LogP contribution is -2.37. The molecule has 0 aromatic heterocycles. The third kappa shape index (κ3) is 3.40. The normalized spacial score (nSPS) is 31.2. The standard InChI is InChI=1S/C11H21N/c1-3-4-5-6-11-8-7-10(2)9-12-11/h4-5,10-12H,3,6-9H2,1-2H3/b5-4-. The van der Waals surface area contributed by atoms with Crippen molar-refractivity contribution < 1.29 is 0 Å². The molecule has 12 heavy (non-hydrogen) atoms. The molecule has 0 aliphatic carbocycles. The van der Waals surface area contributed by atoms with Crippen LogP contribution in [0.3, 0.4) is 0 Å². The molecule has 1 nitrogen and oxygen atoms in total. The van der Waals surface area contributed by atoms with E-state index in [9.17, 15) is 0 Å². The van der Waals surface area contributed by atoms with Gasteiger partial charge in [0.25, 0.3) is 0 Å². The van der Waals surface area contributed by atoms with Gasteiger partial charge in [0.05, 0.1) is 0 Å². The summed E-state index contributed by atoms with van der Waals surface area (Å²) in [5.41, 5.74) is 0. The van der Waals surface area contributed by atoms with Gasteiger partial charge in [0, 0.05) is 6.04 Å². The largest absolute Gasteiger partial charge is 0.313 e. The summed E-state index contributed by atoms with van der Waals surface area (Å²) >= 11 is 0. The van der Waals surface area contributed by atoms with E-state index in [2.05, 4.69) is 31.3 Å². The van der Waals surface area contributed by atoms with Gasteiger partial charge < -0.3 is 5.32 Å². The SMILES string of the molecule is CC/C=C\CC1CCC(C)CN1. The van der Waals surface area contributed by atoms with Crippen LogP contribution in [0.2, 0.25) is 0 Å². The molecule has 1 rings (SSSR count). The smallest absolute Gasteiger partial charge is 0.0102 e. The molecular weight excluding hydrogens is 146 g/mol. The summed E-state index contributed by atoms with van der Waals surface area (Å²) in [5, 5.41) is 3.58. The maximum absolute atomic E-state index is 3.58. The molecule has 0 aromatic rings. The fourth-order valence-electron chi connectivity index (χ4n) is 1.69. The van der Waals surface area contributed by atoms with Crippen molar-refractivity contribution in [3.8, 4) is 0 Å². The van der Waals surface area contributed by atoms with Crippen LogP contribution < -0.4 is 5.32 Å². The lowest BCUT2D eigenvalue weighted by molar-refractivity contribution is 0.329. The van der Waals surface area contributed by atoms with Gasteiger partial charge in [-0.05, 0) is 38.1 Å². The first-order valence-corrected chi connectivity index (χ1v) is 5.21. The van der Waals surface area contributed by atoms with Crippen molar-refractivity contribution in [3.63, 3.8) is 0 Å². The van der Waals surface area contributed by atoms with E-state index in [1.54, 1.807) is 0 Å². The summed E-state index contributed by atoms with van der Waals surface area (Å²) in [5.74, 6) is 0.886. The van der Waals surface area contributed by atoms with Gasteiger partial charge in [-0.2, -0.15) is 0 Å². The van der Waals surface area contributed by atoms with Crippen molar-refractivity contribution in [3.05, 3.63) is 12.2 Å². The van der Waals surface area contributed by atoms with Crippen LogP contribution >= 0.6 is 0 Å². The van der Waals surface area contributed by atoms with Crippen molar-refractivity contribution in [1.29, 1.82) is 0 Å². The maximum atomic E-state index is 3.58. The Balaban J connectivity index is 2.13. The topological polar surface area (TPSA) is 12.0 Å². The van der Waals surface area contributed by atoms with Gasteiger partial charge in [-0.15, -0.1) is 0 Å². The minimum atomic E-state index is 0.754. The minimum Gasteiger partial charge on any atom is -0.313 e. The molecule has 1 N–H and O–H groups in total. The molecule has 1 aliphatic rings. The Hall–Kier alpha value is -0.300. The molecule has 1 heteroatoms. The predicted molar refractivity (Wildman–Crippen MR) is 54.2 cm³/mol. The molecule has 1 aliphatic heterocycles. The van der Waals surface area contributed by atoms with Crippen molar-refractivity contribution in [2.75, 3.05) is 6.54 Å². The Bertz CT molecular complexity index is 132. The molecule has 1 fully saturated rings. The highest BCUT2D eigenvalue weighted by Crippen LogP contribution is 2.15. The highest BCUT2D eigenvalue weighted by molar-refractivity contribution is 4.87. The fourth-order valence-corrected chi connectivity index (χ4v) is 1.69. The van der Waals surface area contributed by atoms with Gasteiger partial charge in [-0.25, -0.2) is 0 Å². The van der Waals surface area contributed by atoms with E-state index in [0.29, 0.717) is 0 Å². The Kier molecular flexibility index (Phi) is 4.37. The second-order valence-corrected chi connectivity index (χ2v) is 3.90. The van der Waals surface area contributed by atoms with E-state index in [-0.39, 0.29) is 0 Å². The lowest BCUT2D eigenvalue weighted by Gasteiger charge is -2.26. The first-order valence-electron chi connectivity index (χ1n) is 5.21. The Morgan fingerprint density at radius 2 is 2.17 bits per heavy atom. The van der Waals surface area contributed by atoms with Crippen LogP contribution in [0.4, 0.5) is 0 Å². The van der Waals surface area contributed by atoms with Crippen molar-refractivity contribution in [2.24, 2.45) is 5.92 Å². The molecule has 0 aromatic carbocycles. The summed E-state index contributed by atoms with van der Waals surface area (Å²) in [6.07, 6.45) is 9.73. The van der Waals surface area contributed by atoms with E-state index in [4.69, 9.17) is 0 Å². The van der Waals surface area contributed by atoms with Crippen LogP contribution in [0.1, 0.15) is 39.5 Å². The van der Waals surface area contributed by atoms with E-state index in [1.165, 1.54) is 32.2 Å². The molecule has 0 saturated carbocycles. The Morgan fingerprint density at radius 3 is 2.75 bits per heavy atom. The number of allylic oxidation sites excluding steroid dienone is 1. The third-order valence-electron chi connectivity index (χ3n) is 2.59. The molecule has 70 valence electrons. The molecule has 0 bridgehead atoms. The zero-order chi connectivity index (χ0) is 8.81. The molecule has 1 saturated heterocycles. The summed E-state index contributed by atoms with van der Waals surface area (Å²) in [6.45, 7) is 5.72. The van der Waals surface area contributed by atoms with E-state index < -0.39 is 0 Å². The monoisotopic (exact) mass is 167 g/mol. The van der Waals surface area contributed by atoms with Gasteiger partial charge in [-0.3, -0.25) is 0 Å². The van der Waals surface area contributed by atoms with Gasteiger partial charge >= 0.3 is 0 Å². The predicted octanol–water partition coefficient (Wildman–Crippen LogP) is 2.73. The zero-order valence-electron chi connectivity index (χ0n) is 8.34. The summed E-state index contributed by atoms with van der Waals surface area (Å²) in [4.78, 5) is 0. The highest BCUT2D eigenvalue weighted by Gasteiger charge is 2.15. The summed E-state index contributed by atoms with van der Waals surface area (Å²) in [6, 6.07) is 0.754. The molecule has 2 unspecified atom stereocenters. The van der Waals surface area contributed by atoms with E-state index in [1.807, 2.05) is 0 Å². The van der Waals surface area contributed by atoms with Crippen molar-refractivity contribution >= 4 is 0 Å². The van der Waals surface area contributed by atoms with Crippen LogP contribution in [0.15, 0.2) is 12.2 Å². The number of nitrogens with one attached hydrogen (secondary N) is 1. The lowest BCUT2D eigenvalue weighted by atomic mass is 9.95. The Labute approximate surface area is 76.2 Å². The second kappa shape index (κ2) is 5.36. The van der Waals surface area contributed by atoms with Gasteiger partial charge in [0.15, 0.2) is 0 Å². The van der Waals surface area contributed by atoms with Gasteiger partial charge in [0.1, 0.15) is 0 Å². The van der Waals surface area contributed by atoms with E-state index >= 15 is 0 Å². The maximum Gasteiger partial charge on any atom is 0.0102 e.